The Labute approximate surface area is 126 Å². The number of nitriles is 1. The van der Waals surface area contributed by atoms with Gasteiger partial charge in [0.2, 0.25) is 5.91 Å². The van der Waals surface area contributed by atoms with E-state index >= 15 is 0 Å². The first-order valence-electron chi connectivity index (χ1n) is 7.59. The van der Waals surface area contributed by atoms with Gasteiger partial charge in [-0.25, -0.2) is 0 Å². The molecule has 1 aliphatic rings. The molecule has 1 saturated carbocycles. The molecule has 0 unspecified atom stereocenters. The summed E-state index contributed by atoms with van der Waals surface area (Å²) in [5.74, 6) is 0.0886. The molecule has 4 heteroatoms. The first-order chi connectivity index (χ1) is 10.3. The summed E-state index contributed by atoms with van der Waals surface area (Å²) in [4.78, 5) is 13.7. The Kier molecular flexibility index (Phi) is 6.23. The van der Waals surface area contributed by atoms with Crippen molar-refractivity contribution < 1.29 is 9.53 Å². The first-order valence-corrected chi connectivity index (χ1v) is 7.59. The predicted molar refractivity (Wildman–Crippen MR) is 80.5 cm³/mol. The van der Waals surface area contributed by atoms with E-state index in [2.05, 4.69) is 18.2 Å². The third-order valence-electron chi connectivity index (χ3n) is 3.61. The van der Waals surface area contributed by atoms with Crippen molar-refractivity contribution in [2.75, 3.05) is 19.8 Å². The van der Waals surface area contributed by atoms with Crippen LogP contribution in [-0.4, -0.2) is 36.6 Å². The number of ether oxygens (including phenoxy) is 1. The minimum atomic E-state index is 0.0886. The molecule has 0 spiro atoms. The molecule has 21 heavy (non-hydrogen) atoms. The molecule has 0 aliphatic heterocycles. The van der Waals surface area contributed by atoms with Gasteiger partial charge in [0.15, 0.2) is 0 Å². The molecule has 0 saturated heterocycles. The number of nitrogens with zero attached hydrogens (tertiary/aromatic N) is 2. The van der Waals surface area contributed by atoms with Crippen LogP contribution in [0, 0.1) is 11.3 Å². The maximum atomic E-state index is 12.0. The average molecular weight is 286 g/mol. The Morgan fingerprint density at radius 2 is 2.05 bits per heavy atom. The highest BCUT2D eigenvalue weighted by Gasteiger charge is 2.31. The van der Waals surface area contributed by atoms with Crippen molar-refractivity contribution >= 4 is 5.91 Å². The van der Waals surface area contributed by atoms with Gasteiger partial charge in [0, 0.05) is 19.1 Å². The molecule has 2 rings (SSSR count). The van der Waals surface area contributed by atoms with Crippen molar-refractivity contribution in [3.8, 4) is 6.07 Å². The van der Waals surface area contributed by atoms with Crippen LogP contribution in [0.2, 0.25) is 0 Å². The molecule has 0 atom stereocenters. The fourth-order valence-corrected chi connectivity index (χ4v) is 2.29. The maximum absolute atomic E-state index is 12.0. The molecule has 1 amide bonds. The van der Waals surface area contributed by atoms with Gasteiger partial charge in [-0.3, -0.25) is 4.79 Å². The molecule has 1 fully saturated rings. The van der Waals surface area contributed by atoms with Crippen molar-refractivity contribution in [2.24, 2.45) is 0 Å². The molecular formula is C17H22N2O2. The molecule has 4 nitrogen and oxygen atoms in total. The minimum Gasteiger partial charge on any atom is -0.381 e. The summed E-state index contributed by atoms with van der Waals surface area (Å²) in [5.41, 5.74) is 1.27. The molecule has 0 N–H and O–H groups in total. The van der Waals surface area contributed by atoms with Crippen molar-refractivity contribution in [2.45, 2.75) is 38.1 Å². The highest BCUT2D eigenvalue weighted by Crippen LogP contribution is 2.27. The van der Waals surface area contributed by atoms with Crippen molar-refractivity contribution in [3.63, 3.8) is 0 Å². The van der Waals surface area contributed by atoms with Gasteiger partial charge in [-0.15, -0.1) is 0 Å². The predicted octanol–water partition coefficient (Wildman–Crippen LogP) is 2.54. The summed E-state index contributed by atoms with van der Waals surface area (Å²) < 4.78 is 5.57. The molecule has 1 aliphatic carbocycles. The van der Waals surface area contributed by atoms with Crippen molar-refractivity contribution in [3.05, 3.63) is 35.9 Å². The van der Waals surface area contributed by atoms with Crippen LogP contribution in [0.25, 0.3) is 0 Å². The van der Waals surface area contributed by atoms with E-state index in [9.17, 15) is 4.79 Å². The summed E-state index contributed by atoms with van der Waals surface area (Å²) in [7, 11) is 0. The Hall–Kier alpha value is -1.86. The fourth-order valence-electron chi connectivity index (χ4n) is 2.29. The molecule has 0 aromatic heterocycles. The zero-order chi connectivity index (χ0) is 14.9. The zero-order valence-electron chi connectivity index (χ0n) is 12.3. The van der Waals surface area contributed by atoms with E-state index in [0.29, 0.717) is 25.7 Å². The second-order valence-electron chi connectivity index (χ2n) is 5.36. The Morgan fingerprint density at radius 3 is 2.71 bits per heavy atom. The lowest BCUT2D eigenvalue weighted by molar-refractivity contribution is -0.131. The number of carbonyl (C=O) groups is 1. The van der Waals surface area contributed by atoms with Gasteiger partial charge in [-0.2, -0.15) is 5.26 Å². The highest BCUT2D eigenvalue weighted by atomic mass is 16.5. The van der Waals surface area contributed by atoms with Crippen molar-refractivity contribution in [1.29, 1.82) is 5.26 Å². The Morgan fingerprint density at radius 1 is 1.29 bits per heavy atom. The van der Waals surface area contributed by atoms with Gasteiger partial charge in [0.25, 0.3) is 0 Å². The lowest BCUT2D eigenvalue weighted by Crippen LogP contribution is -2.33. The van der Waals surface area contributed by atoms with Crippen LogP contribution < -0.4 is 0 Å². The second kappa shape index (κ2) is 8.43. The number of benzene rings is 1. The van der Waals surface area contributed by atoms with Crippen LogP contribution in [0.4, 0.5) is 0 Å². The van der Waals surface area contributed by atoms with Gasteiger partial charge in [-0.1, -0.05) is 30.3 Å². The SMILES string of the molecule is N#CCN(C(=O)CCCOCCc1ccccc1)C1CC1. The van der Waals surface area contributed by atoms with E-state index in [-0.39, 0.29) is 12.5 Å². The van der Waals surface area contributed by atoms with Crippen molar-refractivity contribution in [1.82, 2.24) is 4.90 Å². The number of rotatable bonds is 9. The summed E-state index contributed by atoms with van der Waals surface area (Å²) >= 11 is 0. The molecule has 0 bridgehead atoms. The zero-order valence-corrected chi connectivity index (χ0v) is 12.3. The smallest absolute Gasteiger partial charge is 0.223 e. The quantitative estimate of drug-likeness (QED) is 0.518. The van der Waals surface area contributed by atoms with Crippen LogP contribution in [0.5, 0.6) is 0 Å². The van der Waals surface area contributed by atoms with Gasteiger partial charge in [0.1, 0.15) is 6.54 Å². The second-order valence-corrected chi connectivity index (χ2v) is 5.36. The topological polar surface area (TPSA) is 53.3 Å². The monoisotopic (exact) mass is 286 g/mol. The van der Waals surface area contributed by atoms with E-state index in [1.165, 1.54) is 5.56 Å². The minimum absolute atomic E-state index is 0.0886. The highest BCUT2D eigenvalue weighted by molar-refractivity contribution is 5.77. The van der Waals surface area contributed by atoms with Crippen LogP contribution in [-0.2, 0) is 16.0 Å². The van der Waals surface area contributed by atoms with Gasteiger partial charge < -0.3 is 9.64 Å². The maximum Gasteiger partial charge on any atom is 0.223 e. The third kappa shape index (κ3) is 5.57. The lowest BCUT2D eigenvalue weighted by atomic mass is 10.2. The molecular weight excluding hydrogens is 264 g/mol. The summed E-state index contributed by atoms with van der Waals surface area (Å²) in [6.45, 7) is 1.50. The van der Waals surface area contributed by atoms with E-state index in [1.807, 2.05) is 18.2 Å². The van der Waals surface area contributed by atoms with E-state index < -0.39 is 0 Å². The van der Waals surface area contributed by atoms with E-state index in [0.717, 1.165) is 25.7 Å². The van der Waals surface area contributed by atoms with Gasteiger partial charge in [0.05, 0.1) is 12.7 Å². The fraction of sp³-hybridized carbons (Fsp3) is 0.529. The molecule has 0 heterocycles. The Bertz CT molecular complexity index is 477. The van der Waals surface area contributed by atoms with E-state index in [1.54, 1.807) is 4.90 Å². The lowest BCUT2D eigenvalue weighted by Gasteiger charge is -2.18. The molecule has 112 valence electrons. The van der Waals surface area contributed by atoms with E-state index in [4.69, 9.17) is 10.00 Å². The summed E-state index contributed by atoms with van der Waals surface area (Å²) in [5, 5.41) is 8.74. The Balaban J connectivity index is 1.55. The number of amides is 1. The summed E-state index contributed by atoms with van der Waals surface area (Å²) in [6, 6.07) is 12.6. The number of hydrogen-bond donors (Lipinski definition) is 0. The first kappa shape index (κ1) is 15.5. The standard InChI is InChI=1S/C17H22N2O2/c18-11-12-19(16-8-9-16)17(20)7-4-13-21-14-10-15-5-2-1-3-6-15/h1-3,5-6,16H,4,7-10,12-14H2. The van der Waals surface area contributed by atoms with Crippen LogP contribution in [0.1, 0.15) is 31.2 Å². The van der Waals surface area contributed by atoms with Crippen LogP contribution in [0.3, 0.4) is 0 Å². The number of carbonyl (C=O) groups excluding carboxylic acids is 1. The average Bonchev–Trinajstić information content (AvgIpc) is 3.34. The van der Waals surface area contributed by atoms with Gasteiger partial charge >= 0.3 is 0 Å². The normalized spacial score (nSPS) is 13.7. The summed E-state index contributed by atoms with van der Waals surface area (Å²) in [6.07, 6.45) is 4.19. The third-order valence-corrected chi connectivity index (χ3v) is 3.61. The van der Waals surface area contributed by atoms with Crippen LogP contribution in [0.15, 0.2) is 30.3 Å². The van der Waals surface area contributed by atoms with Gasteiger partial charge in [-0.05, 0) is 31.2 Å². The number of hydrogen-bond acceptors (Lipinski definition) is 3. The molecule has 1 aromatic carbocycles. The molecule has 1 aromatic rings. The van der Waals surface area contributed by atoms with Crippen LogP contribution >= 0.6 is 0 Å². The molecule has 0 radical (unpaired) electrons. The largest absolute Gasteiger partial charge is 0.381 e.